The molecule has 6 nitrogen and oxygen atoms in total. The molecule has 2 rings (SSSR count). The van der Waals surface area contributed by atoms with Gasteiger partial charge in [0, 0.05) is 24.7 Å². The van der Waals surface area contributed by atoms with Crippen LogP contribution in [-0.2, 0) is 10.0 Å². The Bertz CT molecular complexity index is 625. The fourth-order valence-corrected chi connectivity index (χ4v) is 3.11. The molecule has 1 saturated carbocycles. The summed E-state index contributed by atoms with van der Waals surface area (Å²) in [5.41, 5.74) is 5.95. The fourth-order valence-electron chi connectivity index (χ4n) is 1.95. The summed E-state index contributed by atoms with van der Waals surface area (Å²) in [6.45, 7) is 2.80. The van der Waals surface area contributed by atoms with Crippen LogP contribution in [0.1, 0.15) is 36.5 Å². The van der Waals surface area contributed by atoms with E-state index in [1.165, 1.54) is 12.1 Å². The van der Waals surface area contributed by atoms with E-state index in [2.05, 4.69) is 10.0 Å². The zero-order valence-electron chi connectivity index (χ0n) is 12.7. The Labute approximate surface area is 131 Å². The molecule has 122 valence electrons. The third kappa shape index (κ3) is 5.08. The number of nitrogens with one attached hydrogen (secondary N) is 2. The van der Waals surface area contributed by atoms with E-state index in [-0.39, 0.29) is 16.8 Å². The number of hydrogen-bond donors (Lipinski definition) is 3. The predicted molar refractivity (Wildman–Crippen MR) is 85.0 cm³/mol. The molecule has 1 aliphatic carbocycles. The van der Waals surface area contributed by atoms with E-state index in [9.17, 15) is 13.2 Å². The quantitative estimate of drug-likeness (QED) is 0.659. The van der Waals surface area contributed by atoms with E-state index in [0.29, 0.717) is 31.0 Å². The Morgan fingerprint density at radius 2 is 2.14 bits per heavy atom. The number of rotatable bonds is 8. The summed E-state index contributed by atoms with van der Waals surface area (Å²) < 4.78 is 27.0. The molecule has 22 heavy (non-hydrogen) atoms. The number of benzene rings is 1. The van der Waals surface area contributed by atoms with Crippen LogP contribution in [-0.4, -0.2) is 33.5 Å². The van der Waals surface area contributed by atoms with Gasteiger partial charge in [-0.3, -0.25) is 4.79 Å². The van der Waals surface area contributed by atoms with Gasteiger partial charge in [0.05, 0.1) is 4.90 Å². The first-order valence-electron chi connectivity index (χ1n) is 7.52. The van der Waals surface area contributed by atoms with Crippen LogP contribution in [0.4, 0.5) is 0 Å². The zero-order valence-corrected chi connectivity index (χ0v) is 13.5. The summed E-state index contributed by atoms with van der Waals surface area (Å²) in [7, 11) is -3.56. The lowest BCUT2D eigenvalue weighted by Gasteiger charge is -2.09. The summed E-state index contributed by atoms with van der Waals surface area (Å²) in [5, 5.41) is 2.74. The Hall–Kier alpha value is -1.44. The van der Waals surface area contributed by atoms with Crippen LogP contribution >= 0.6 is 0 Å². The second-order valence-corrected chi connectivity index (χ2v) is 7.61. The molecule has 1 fully saturated rings. The van der Waals surface area contributed by atoms with Gasteiger partial charge in [-0.15, -0.1) is 0 Å². The molecule has 0 heterocycles. The Morgan fingerprint density at radius 3 is 2.77 bits per heavy atom. The van der Waals surface area contributed by atoms with Crippen molar-refractivity contribution >= 4 is 15.9 Å². The highest BCUT2D eigenvalue weighted by Gasteiger charge is 2.24. The number of hydrogen-bond acceptors (Lipinski definition) is 4. The van der Waals surface area contributed by atoms with Gasteiger partial charge in [-0.1, -0.05) is 6.07 Å². The normalized spacial score (nSPS) is 16.3. The highest BCUT2D eigenvalue weighted by Crippen LogP contribution is 2.28. The van der Waals surface area contributed by atoms with Gasteiger partial charge in [-0.2, -0.15) is 0 Å². The second-order valence-electron chi connectivity index (χ2n) is 5.84. The molecule has 0 aliphatic heterocycles. The number of sulfonamides is 1. The Kier molecular flexibility index (Phi) is 5.55. The van der Waals surface area contributed by atoms with E-state index in [4.69, 9.17) is 5.73 Å². The van der Waals surface area contributed by atoms with Gasteiger partial charge in [0.15, 0.2) is 0 Å². The summed E-state index contributed by atoms with van der Waals surface area (Å²) in [6, 6.07) is 6.08. The molecule has 1 amide bonds. The second kappa shape index (κ2) is 7.21. The smallest absolute Gasteiger partial charge is 0.251 e. The van der Waals surface area contributed by atoms with Crippen molar-refractivity contribution in [1.29, 1.82) is 0 Å². The van der Waals surface area contributed by atoms with Crippen LogP contribution in [0, 0.1) is 5.92 Å². The van der Waals surface area contributed by atoms with E-state index in [1.807, 2.05) is 6.92 Å². The molecular weight excluding hydrogens is 302 g/mol. The lowest BCUT2D eigenvalue weighted by Crippen LogP contribution is -2.29. The molecule has 0 radical (unpaired) electrons. The third-order valence-corrected chi connectivity index (χ3v) is 4.97. The van der Waals surface area contributed by atoms with E-state index in [0.717, 1.165) is 12.8 Å². The average molecular weight is 325 g/mol. The fraction of sp³-hybridized carbons (Fsp3) is 0.533. The van der Waals surface area contributed by atoms with Crippen LogP contribution in [0.15, 0.2) is 29.2 Å². The van der Waals surface area contributed by atoms with Crippen molar-refractivity contribution in [3.8, 4) is 0 Å². The molecule has 0 spiro atoms. The largest absolute Gasteiger partial charge is 0.352 e. The predicted octanol–water partition coefficient (Wildman–Crippen LogP) is 0.842. The molecule has 0 aromatic heterocycles. The van der Waals surface area contributed by atoms with E-state index < -0.39 is 10.0 Å². The van der Waals surface area contributed by atoms with Crippen LogP contribution in [0.5, 0.6) is 0 Å². The minimum Gasteiger partial charge on any atom is -0.352 e. The highest BCUT2D eigenvalue weighted by molar-refractivity contribution is 7.89. The lowest BCUT2D eigenvalue weighted by molar-refractivity contribution is 0.0952. The van der Waals surface area contributed by atoms with Crippen molar-refractivity contribution in [2.75, 3.05) is 13.1 Å². The lowest BCUT2D eigenvalue weighted by atomic mass is 10.2. The first kappa shape index (κ1) is 16.9. The Balaban J connectivity index is 2.00. The van der Waals surface area contributed by atoms with Gasteiger partial charge in [-0.05, 0) is 50.3 Å². The van der Waals surface area contributed by atoms with Crippen molar-refractivity contribution < 1.29 is 13.2 Å². The topological polar surface area (TPSA) is 101 Å². The molecule has 0 bridgehead atoms. The molecule has 1 aliphatic rings. The number of carbonyl (C=O) groups is 1. The Morgan fingerprint density at radius 1 is 1.41 bits per heavy atom. The van der Waals surface area contributed by atoms with E-state index >= 15 is 0 Å². The maximum atomic E-state index is 12.2. The molecule has 1 unspecified atom stereocenters. The monoisotopic (exact) mass is 325 g/mol. The van der Waals surface area contributed by atoms with E-state index in [1.54, 1.807) is 12.1 Å². The van der Waals surface area contributed by atoms with Gasteiger partial charge in [0.2, 0.25) is 10.0 Å². The molecule has 1 aromatic rings. The van der Waals surface area contributed by atoms with Gasteiger partial charge >= 0.3 is 0 Å². The number of amides is 1. The van der Waals surface area contributed by atoms with Crippen molar-refractivity contribution in [3.63, 3.8) is 0 Å². The number of carbonyl (C=O) groups excluding carboxylic acids is 1. The van der Waals surface area contributed by atoms with Crippen molar-refractivity contribution in [3.05, 3.63) is 29.8 Å². The SMILES string of the molecule is CC(N)CCNC(=O)c1cccc(S(=O)(=O)NCC2CC2)c1. The zero-order chi connectivity index (χ0) is 16.2. The summed E-state index contributed by atoms with van der Waals surface area (Å²) in [4.78, 5) is 12.1. The molecule has 7 heteroatoms. The van der Waals surface area contributed by atoms with Crippen molar-refractivity contribution in [2.24, 2.45) is 11.7 Å². The van der Waals surface area contributed by atoms with Crippen molar-refractivity contribution in [1.82, 2.24) is 10.0 Å². The van der Waals surface area contributed by atoms with Crippen LogP contribution < -0.4 is 15.8 Å². The molecular formula is C15H23N3O3S. The highest BCUT2D eigenvalue weighted by atomic mass is 32.2. The molecule has 1 atom stereocenters. The van der Waals surface area contributed by atoms with Crippen molar-refractivity contribution in [2.45, 2.75) is 37.1 Å². The maximum absolute atomic E-state index is 12.2. The summed E-state index contributed by atoms with van der Waals surface area (Å²) in [5.74, 6) is 0.166. The van der Waals surface area contributed by atoms with Gasteiger partial charge in [0.1, 0.15) is 0 Å². The first-order chi connectivity index (χ1) is 10.4. The van der Waals surface area contributed by atoms with Crippen LogP contribution in [0.3, 0.4) is 0 Å². The number of nitrogens with two attached hydrogens (primary N) is 1. The molecule has 1 aromatic carbocycles. The summed E-state index contributed by atoms with van der Waals surface area (Å²) in [6.07, 6.45) is 2.82. The molecule has 0 saturated heterocycles. The van der Waals surface area contributed by atoms with Gasteiger partial charge in [0.25, 0.3) is 5.91 Å². The maximum Gasteiger partial charge on any atom is 0.251 e. The third-order valence-electron chi connectivity index (χ3n) is 3.55. The summed E-state index contributed by atoms with van der Waals surface area (Å²) >= 11 is 0. The van der Waals surface area contributed by atoms with Gasteiger partial charge < -0.3 is 11.1 Å². The average Bonchev–Trinajstić information content (AvgIpc) is 3.29. The standard InChI is InChI=1S/C15H23N3O3S/c1-11(16)7-8-17-15(19)13-3-2-4-14(9-13)22(20,21)18-10-12-5-6-12/h2-4,9,11-12,18H,5-8,10,16H2,1H3,(H,17,19). The van der Waals surface area contributed by atoms with Crippen LogP contribution in [0.2, 0.25) is 0 Å². The van der Waals surface area contributed by atoms with Crippen LogP contribution in [0.25, 0.3) is 0 Å². The minimum atomic E-state index is -3.56. The minimum absolute atomic E-state index is 0.0126. The molecule has 4 N–H and O–H groups in total. The van der Waals surface area contributed by atoms with Gasteiger partial charge in [-0.25, -0.2) is 13.1 Å². The first-order valence-corrected chi connectivity index (χ1v) is 9.00.